The van der Waals surface area contributed by atoms with E-state index in [-0.39, 0.29) is 5.91 Å². The van der Waals surface area contributed by atoms with E-state index in [1.165, 1.54) is 0 Å². The number of carbonyl (C=O) groups is 1. The van der Waals surface area contributed by atoms with Crippen LogP contribution in [0.3, 0.4) is 0 Å². The molecule has 0 aliphatic carbocycles. The van der Waals surface area contributed by atoms with Crippen LogP contribution < -0.4 is 16.4 Å². The van der Waals surface area contributed by atoms with Crippen molar-refractivity contribution in [3.63, 3.8) is 0 Å². The van der Waals surface area contributed by atoms with Crippen molar-refractivity contribution in [2.24, 2.45) is 0 Å². The third-order valence-electron chi connectivity index (χ3n) is 3.29. The molecule has 116 valence electrons. The van der Waals surface area contributed by atoms with Crippen molar-refractivity contribution in [1.82, 2.24) is 5.32 Å². The van der Waals surface area contributed by atoms with Gasteiger partial charge in [-0.2, -0.15) is 0 Å². The first-order valence-corrected chi connectivity index (χ1v) is 7.60. The summed E-state index contributed by atoms with van der Waals surface area (Å²) in [4.78, 5) is 12.3. The summed E-state index contributed by atoms with van der Waals surface area (Å²) in [5.74, 6) is -0.142. The molecule has 5 heteroatoms. The minimum atomic E-state index is -0.142. The molecular weight excluding hydrogens is 298 g/mol. The molecule has 0 heterocycles. The van der Waals surface area contributed by atoms with Crippen molar-refractivity contribution < 1.29 is 4.79 Å². The number of carbonyl (C=O) groups excluding carboxylic acids is 1. The summed E-state index contributed by atoms with van der Waals surface area (Å²) >= 11 is 6.04. The molecule has 2 rings (SSSR count). The Morgan fingerprint density at radius 1 is 1.18 bits per heavy atom. The molecule has 0 saturated heterocycles. The summed E-state index contributed by atoms with van der Waals surface area (Å²) < 4.78 is 0. The highest BCUT2D eigenvalue weighted by atomic mass is 35.5. The van der Waals surface area contributed by atoms with Crippen LogP contribution in [-0.2, 0) is 0 Å². The van der Waals surface area contributed by atoms with E-state index in [0.29, 0.717) is 28.5 Å². The molecule has 2 aromatic rings. The van der Waals surface area contributed by atoms with E-state index < -0.39 is 0 Å². The summed E-state index contributed by atoms with van der Waals surface area (Å²) in [5.41, 5.74) is 9.49. The van der Waals surface area contributed by atoms with Crippen LogP contribution in [0.1, 0.15) is 29.3 Å². The molecule has 0 unspecified atom stereocenters. The van der Waals surface area contributed by atoms with Crippen molar-refractivity contribution in [3.05, 3.63) is 52.5 Å². The zero-order valence-corrected chi connectivity index (χ0v) is 13.5. The van der Waals surface area contributed by atoms with Gasteiger partial charge in [0.05, 0.1) is 11.3 Å². The van der Waals surface area contributed by atoms with E-state index in [1.807, 2.05) is 32.0 Å². The second kappa shape index (κ2) is 7.18. The van der Waals surface area contributed by atoms with E-state index in [0.717, 1.165) is 17.7 Å². The van der Waals surface area contributed by atoms with Gasteiger partial charge in [-0.15, -0.1) is 0 Å². The van der Waals surface area contributed by atoms with Crippen molar-refractivity contribution >= 4 is 34.6 Å². The van der Waals surface area contributed by atoms with Gasteiger partial charge >= 0.3 is 0 Å². The SMILES string of the molecule is CCCNC(=O)c1cc(N)ccc1Nc1cc(Cl)ccc1C. The van der Waals surface area contributed by atoms with Gasteiger partial charge < -0.3 is 16.4 Å². The topological polar surface area (TPSA) is 67.2 Å². The van der Waals surface area contributed by atoms with Gasteiger partial charge in [-0.05, 0) is 49.2 Å². The van der Waals surface area contributed by atoms with Crippen molar-refractivity contribution in [2.75, 3.05) is 17.6 Å². The Labute approximate surface area is 135 Å². The Bertz CT molecular complexity index is 686. The molecule has 0 atom stereocenters. The maximum absolute atomic E-state index is 12.3. The first kappa shape index (κ1) is 16.2. The zero-order valence-electron chi connectivity index (χ0n) is 12.7. The van der Waals surface area contributed by atoms with Crippen LogP contribution in [0.15, 0.2) is 36.4 Å². The number of nitrogen functional groups attached to an aromatic ring is 1. The van der Waals surface area contributed by atoms with Crippen LogP contribution in [0.2, 0.25) is 5.02 Å². The number of hydrogen-bond donors (Lipinski definition) is 3. The van der Waals surface area contributed by atoms with E-state index >= 15 is 0 Å². The van der Waals surface area contributed by atoms with Crippen LogP contribution in [-0.4, -0.2) is 12.5 Å². The van der Waals surface area contributed by atoms with Gasteiger partial charge in [0, 0.05) is 22.9 Å². The molecule has 0 bridgehead atoms. The van der Waals surface area contributed by atoms with Crippen LogP contribution in [0.5, 0.6) is 0 Å². The number of hydrogen-bond acceptors (Lipinski definition) is 3. The van der Waals surface area contributed by atoms with Gasteiger partial charge in [0.15, 0.2) is 0 Å². The Hall–Kier alpha value is -2.20. The zero-order chi connectivity index (χ0) is 16.1. The number of nitrogens with one attached hydrogen (secondary N) is 2. The molecule has 0 fully saturated rings. The highest BCUT2D eigenvalue weighted by Crippen LogP contribution is 2.27. The molecular formula is C17H20ClN3O. The number of aryl methyl sites for hydroxylation is 1. The number of rotatable bonds is 5. The second-order valence-electron chi connectivity index (χ2n) is 5.15. The smallest absolute Gasteiger partial charge is 0.253 e. The van der Waals surface area contributed by atoms with E-state index in [2.05, 4.69) is 10.6 Å². The van der Waals surface area contributed by atoms with Crippen molar-refractivity contribution in [1.29, 1.82) is 0 Å². The van der Waals surface area contributed by atoms with Crippen molar-refractivity contribution in [2.45, 2.75) is 20.3 Å². The first-order chi connectivity index (χ1) is 10.5. The lowest BCUT2D eigenvalue weighted by Gasteiger charge is -2.15. The molecule has 0 saturated carbocycles. The lowest BCUT2D eigenvalue weighted by molar-refractivity contribution is 0.0954. The molecule has 1 amide bonds. The normalized spacial score (nSPS) is 10.3. The predicted octanol–water partition coefficient (Wildman–Crippen LogP) is 4.11. The quantitative estimate of drug-likeness (QED) is 0.727. The Kier molecular flexibility index (Phi) is 5.28. The average molecular weight is 318 g/mol. The molecule has 22 heavy (non-hydrogen) atoms. The van der Waals surface area contributed by atoms with Crippen LogP contribution in [0.4, 0.5) is 17.1 Å². The Morgan fingerprint density at radius 3 is 2.68 bits per heavy atom. The predicted molar refractivity (Wildman–Crippen MR) is 93.0 cm³/mol. The van der Waals surface area contributed by atoms with E-state index in [1.54, 1.807) is 18.2 Å². The molecule has 2 aromatic carbocycles. The molecule has 0 aliphatic rings. The number of nitrogens with two attached hydrogens (primary N) is 1. The van der Waals surface area contributed by atoms with Gasteiger partial charge in [-0.3, -0.25) is 4.79 Å². The van der Waals surface area contributed by atoms with Crippen molar-refractivity contribution in [3.8, 4) is 0 Å². The standard InChI is InChI=1S/C17H20ClN3O/c1-3-8-20-17(22)14-10-13(19)6-7-15(14)21-16-9-12(18)5-4-11(16)2/h4-7,9-10,21H,3,8,19H2,1-2H3,(H,20,22). The molecule has 4 nitrogen and oxygen atoms in total. The minimum absolute atomic E-state index is 0.142. The lowest BCUT2D eigenvalue weighted by Crippen LogP contribution is -2.25. The third kappa shape index (κ3) is 3.92. The fraction of sp³-hybridized carbons (Fsp3) is 0.235. The average Bonchev–Trinajstić information content (AvgIpc) is 2.50. The van der Waals surface area contributed by atoms with Crippen LogP contribution >= 0.6 is 11.6 Å². The van der Waals surface area contributed by atoms with Crippen LogP contribution in [0, 0.1) is 6.92 Å². The Balaban J connectivity index is 2.34. The summed E-state index contributed by atoms with van der Waals surface area (Å²) in [7, 11) is 0. The second-order valence-corrected chi connectivity index (χ2v) is 5.58. The molecule has 0 aromatic heterocycles. The maximum Gasteiger partial charge on any atom is 0.253 e. The summed E-state index contributed by atoms with van der Waals surface area (Å²) in [6.45, 7) is 4.62. The monoisotopic (exact) mass is 317 g/mol. The van der Waals surface area contributed by atoms with Gasteiger partial charge in [0.2, 0.25) is 0 Å². The molecule has 0 spiro atoms. The highest BCUT2D eigenvalue weighted by Gasteiger charge is 2.12. The van der Waals surface area contributed by atoms with Gasteiger partial charge in [0.25, 0.3) is 5.91 Å². The third-order valence-corrected chi connectivity index (χ3v) is 3.53. The fourth-order valence-corrected chi connectivity index (χ4v) is 2.24. The van der Waals surface area contributed by atoms with E-state index in [4.69, 9.17) is 17.3 Å². The maximum atomic E-state index is 12.3. The summed E-state index contributed by atoms with van der Waals surface area (Å²) in [5, 5.41) is 6.77. The fourth-order valence-electron chi connectivity index (χ4n) is 2.07. The van der Waals surface area contributed by atoms with Crippen LogP contribution in [0.25, 0.3) is 0 Å². The number of benzene rings is 2. The van der Waals surface area contributed by atoms with Gasteiger partial charge in [-0.1, -0.05) is 24.6 Å². The number of amides is 1. The number of halogens is 1. The summed E-state index contributed by atoms with van der Waals surface area (Å²) in [6.07, 6.45) is 0.879. The van der Waals surface area contributed by atoms with E-state index in [9.17, 15) is 4.79 Å². The minimum Gasteiger partial charge on any atom is -0.399 e. The largest absolute Gasteiger partial charge is 0.399 e. The summed E-state index contributed by atoms with van der Waals surface area (Å²) in [6, 6.07) is 10.8. The van der Waals surface area contributed by atoms with Gasteiger partial charge in [-0.25, -0.2) is 0 Å². The van der Waals surface area contributed by atoms with Gasteiger partial charge in [0.1, 0.15) is 0 Å². The highest BCUT2D eigenvalue weighted by molar-refractivity contribution is 6.30. The number of anilines is 3. The molecule has 0 aliphatic heterocycles. The lowest BCUT2D eigenvalue weighted by atomic mass is 10.1. The molecule has 0 radical (unpaired) electrons. The first-order valence-electron chi connectivity index (χ1n) is 7.22. The molecule has 4 N–H and O–H groups in total. The Morgan fingerprint density at radius 2 is 1.95 bits per heavy atom.